The van der Waals surface area contributed by atoms with E-state index >= 15 is 0 Å². The second-order valence-electron chi connectivity index (χ2n) is 4.98. The van der Waals surface area contributed by atoms with Crippen LogP contribution in [0.15, 0.2) is 30.5 Å². The molecule has 4 heteroatoms. The van der Waals surface area contributed by atoms with Gasteiger partial charge in [-0.3, -0.25) is 0 Å². The molecule has 1 atom stereocenters. The molecule has 1 N–H and O–H groups in total. The molecule has 0 amide bonds. The molecule has 4 nitrogen and oxygen atoms in total. The fourth-order valence-corrected chi connectivity index (χ4v) is 2.56. The van der Waals surface area contributed by atoms with Crippen molar-refractivity contribution in [2.24, 2.45) is 0 Å². The van der Waals surface area contributed by atoms with Gasteiger partial charge in [0.05, 0.1) is 6.61 Å². The quantitative estimate of drug-likeness (QED) is 0.858. The molecule has 1 aromatic rings. The molecule has 1 saturated heterocycles. The Balaban J connectivity index is 2.17. The number of carbonyl (C=O) groups is 1. The number of allylic oxidation sites excluding steroid dienone is 1. The van der Waals surface area contributed by atoms with E-state index in [9.17, 15) is 9.90 Å². The van der Waals surface area contributed by atoms with Crippen molar-refractivity contribution in [1.82, 2.24) is 4.90 Å². The van der Waals surface area contributed by atoms with Crippen LogP contribution in [0.3, 0.4) is 0 Å². The van der Waals surface area contributed by atoms with Gasteiger partial charge in [-0.2, -0.15) is 0 Å². The standard InChI is InChI=1S/C16H21NO3/c1-3-20-16(19)14-8-6-10-17(14)11-12(2)13-7-4-5-9-15(13)18/h4-5,7,9,11,14,18H,3,6,8,10H2,1-2H3/b12-11+/t14-/m0/s1. The van der Waals surface area contributed by atoms with E-state index < -0.39 is 0 Å². The van der Waals surface area contributed by atoms with Gasteiger partial charge in [0.2, 0.25) is 0 Å². The van der Waals surface area contributed by atoms with E-state index in [0.29, 0.717) is 6.61 Å². The fourth-order valence-electron chi connectivity index (χ4n) is 2.56. The van der Waals surface area contributed by atoms with E-state index in [1.165, 1.54) is 0 Å². The van der Waals surface area contributed by atoms with Crippen LogP contribution in [-0.2, 0) is 9.53 Å². The van der Waals surface area contributed by atoms with E-state index in [1.54, 1.807) is 12.1 Å². The van der Waals surface area contributed by atoms with Gasteiger partial charge >= 0.3 is 5.97 Å². The first kappa shape index (κ1) is 14.4. The van der Waals surface area contributed by atoms with Crippen LogP contribution in [0.25, 0.3) is 5.57 Å². The van der Waals surface area contributed by atoms with Crippen LogP contribution in [0.4, 0.5) is 0 Å². The summed E-state index contributed by atoms with van der Waals surface area (Å²) >= 11 is 0. The first-order chi connectivity index (χ1) is 9.63. The number of phenols is 1. The number of hydrogen-bond donors (Lipinski definition) is 1. The summed E-state index contributed by atoms with van der Waals surface area (Å²) in [6, 6.07) is 7.02. The SMILES string of the molecule is CCOC(=O)[C@@H]1CCCN1/C=C(\C)c1ccccc1O. The highest BCUT2D eigenvalue weighted by molar-refractivity contribution is 5.77. The van der Waals surface area contributed by atoms with Crippen molar-refractivity contribution in [3.8, 4) is 5.75 Å². The van der Waals surface area contributed by atoms with Crippen molar-refractivity contribution in [2.75, 3.05) is 13.2 Å². The summed E-state index contributed by atoms with van der Waals surface area (Å²) in [4.78, 5) is 13.9. The predicted molar refractivity (Wildman–Crippen MR) is 78.1 cm³/mol. The Morgan fingerprint density at radius 1 is 1.50 bits per heavy atom. The summed E-state index contributed by atoms with van der Waals surface area (Å²) in [5.41, 5.74) is 1.74. The maximum absolute atomic E-state index is 11.9. The molecular weight excluding hydrogens is 254 g/mol. The number of aromatic hydroxyl groups is 1. The van der Waals surface area contributed by atoms with Crippen molar-refractivity contribution in [3.05, 3.63) is 36.0 Å². The molecule has 0 unspecified atom stereocenters. The van der Waals surface area contributed by atoms with Gasteiger partial charge in [0.25, 0.3) is 0 Å². The van der Waals surface area contributed by atoms with E-state index in [-0.39, 0.29) is 17.8 Å². The molecule has 20 heavy (non-hydrogen) atoms. The molecular formula is C16H21NO3. The average molecular weight is 275 g/mol. The Kier molecular flexibility index (Phi) is 4.66. The van der Waals surface area contributed by atoms with Crippen LogP contribution in [0.2, 0.25) is 0 Å². The first-order valence-electron chi connectivity index (χ1n) is 7.02. The maximum atomic E-state index is 11.9. The number of carbonyl (C=O) groups excluding carboxylic acids is 1. The third-order valence-corrected chi connectivity index (χ3v) is 3.54. The molecule has 0 aliphatic carbocycles. The molecule has 108 valence electrons. The molecule has 0 bridgehead atoms. The number of phenolic OH excluding ortho intramolecular Hbond substituents is 1. The van der Waals surface area contributed by atoms with Gasteiger partial charge in [-0.1, -0.05) is 18.2 Å². The summed E-state index contributed by atoms with van der Waals surface area (Å²) in [6.45, 7) is 5.01. The van der Waals surface area contributed by atoms with Gasteiger partial charge in [0.1, 0.15) is 11.8 Å². The lowest BCUT2D eigenvalue weighted by atomic mass is 10.1. The van der Waals surface area contributed by atoms with Crippen LogP contribution in [0.5, 0.6) is 5.75 Å². The minimum Gasteiger partial charge on any atom is -0.507 e. The van der Waals surface area contributed by atoms with Crippen molar-refractivity contribution >= 4 is 11.5 Å². The number of nitrogens with zero attached hydrogens (tertiary/aromatic N) is 1. The highest BCUT2D eigenvalue weighted by Gasteiger charge is 2.30. The van der Waals surface area contributed by atoms with Crippen LogP contribution in [0, 0.1) is 0 Å². The maximum Gasteiger partial charge on any atom is 0.328 e. The third kappa shape index (κ3) is 3.13. The summed E-state index contributed by atoms with van der Waals surface area (Å²) in [5.74, 6) is 0.0967. The zero-order chi connectivity index (χ0) is 14.5. The molecule has 0 aromatic heterocycles. The van der Waals surface area contributed by atoms with Crippen molar-refractivity contribution in [2.45, 2.75) is 32.7 Å². The Hall–Kier alpha value is -1.97. The zero-order valence-electron chi connectivity index (χ0n) is 12.0. The molecule has 1 aliphatic rings. The lowest BCUT2D eigenvalue weighted by Crippen LogP contribution is -2.33. The lowest BCUT2D eigenvalue weighted by molar-refractivity contribution is -0.147. The molecule has 0 spiro atoms. The number of para-hydroxylation sites is 1. The highest BCUT2D eigenvalue weighted by Crippen LogP contribution is 2.27. The van der Waals surface area contributed by atoms with Crippen molar-refractivity contribution in [3.63, 3.8) is 0 Å². The van der Waals surface area contributed by atoms with Gasteiger partial charge in [-0.15, -0.1) is 0 Å². The highest BCUT2D eigenvalue weighted by atomic mass is 16.5. The summed E-state index contributed by atoms with van der Waals surface area (Å²) in [5, 5.41) is 9.86. The van der Waals surface area contributed by atoms with Crippen LogP contribution >= 0.6 is 0 Å². The first-order valence-corrected chi connectivity index (χ1v) is 7.02. The number of likely N-dealkylation sites (tertiary alicyclic amines) is 1. The van der Waals surface area contributed by atoms with Gasteiger partial charge in [0, 0.05) is 18.3 Å². The molecule has 0 saturated carbocycles. The summed E-state index contributed by atoms with van der Waals surface area (Å²) < 4.78 is 5.11. The topological polar surface area (TPSA) is 49.8 Å². The predicted octanol–water partition coefficient (Wildman–Crippen LogP) is 2.78. The number of rotatable bonds is 4. The number of esters is 1. The van der Waals surface area contributed by atoms with E-state index in [2.05, 4.69) is 0 Å². The number of hydrogen-bond acceptors (Lipinski definition) is 4. The summed E-state index contributed by atoms with van der Waals surface area (Å²) in [7, 11) is 0. The minimum atomic E-state index is -0.198. The smallest absolute Gasteiger partial charge is 0.328 e. The number of ether oxygens (including phenoxy) is 1. The Morgan fingerprint density at radius 2 is 2.25 bits per heavy atom. The molecule has 1 aromatic carbocycles. The van der Waals surface area contributed by atoms with Crippen LogP contribution in [0.1, 0.15) is 32.3 Å². The molecule has 1 aliphatic heterocycles. The largest absolute Gasteiger partial charge is 0.507 e. The van der Waals surface area contributed by atoms with Gasteiger partial charge < -0.3 is 14.7 Å². The average Bonchev–Trinajstić information content (AvgIpc) is 2.87. The third-order valence-electron chi connectivity index (χ3n) is 3.54. The van der Waals surface area contributed by atoms with E-state index in [1.807, 2.05) is 37.1 Å². The Bertz CT molecular complexity index is 510. The molecule has 0 radical (unpaired) electrons. The zero-order valence-corrected chi connectivity index (χ0v) is 12.0. The van der Waals surface area contributed by atoms with E-state index in [4.69, 9.17) is 4.74 Å². The molecule has 1 fully saturated rings. The second kappa shape index (κ2) is 6.46. The Labute approximate surface area is 119 Å². The van der Waals surface area contributed by atoms with Gasteiger partial charge in [-0.05, 0) is 38.3 Å². The van der Waals surface area contributed by atoms with Crippen molar-refractivity contribution < 1.29 is 14.6 Å². The monoisotopic (exact) mass is 275 g/mol. The summed E-state index contributed by atoms with van der Waals surface area (Å²) in [6.07, 6.45) is 3.75. The normalized spacial score (nSPS) is 19.2. The Morgan fingerprint density at radius 3 is 2.95 bits per heavy atom. The lowest BCUT2D eigenvalue weighted by Gasteiger charge is -2.22. The van der Waals surface area contributed by atoms with E-state index in [0.717, 1.165) is 30.5 Å². The molecule has 1 heterocycles. The fraction of sp³-hybridized carbons (Fsp3) is 0.438. The van der Waals surface area contributed by atoms with Gasteiger partial charge in [-0.25, -0.2) is 4.79 Å². The van der Waals surface area contributed by atoms with Crippen LogP contribution < -0.4 is 0 Å². The van der Waals surface area contributed by atoms with Crippen molar-refractivity contribution in [1.29, 1.82) is 0 Å². The van der Waals surface area contributed by atoms with Gasteiger partial charge in [0.15, 0.2) is 0 Å². The number of benzene rings is 1. The minimum absolute atomic E-state index is 0.161. The second-order valence-corrected chi connectivity index (χ2v) is 4.98. The van der Waals surface area contributed by atoms with Crippen LogP contribution in [-0.4, -0.2) is 35.2 Å². The molecule has 2 rings (SSSR count).